The smallest absolute Gasteiger partial charge is 0.182 e. The molecule has 1 heterocycles. The van der Waals surface area contributed by atoms with E-state index in [1.165, 1.54) is 0 Å². The predicted octanol–water partition coefficient (Wildman–Crippen LogP) is 2.21. The van der Waals surface area contributed by atoms with Crippen molar-refractivity contribution in [3.63, 3.8) is 0 Å². The van der Waals surface area contributed by atoms with Crippen molar-refractivity contribution < 1.29 is 4.74 Å². The summed E-state index contributed by atoms with van der Waals surface area (Å²) in [6.07, 6.45) is 4.90. The van der Waals surface area contributed by atoms with Gasteiger partial charge in [-0.3, -0.25) is 4.98 Å². The third-order valence-corrected chi connectivity index (χ3v) is 2.18. The van der Waals surface area contributed by atoms with E-state index >= 15 is 0 Å². The number of hydrogen-bond donors (Lipinski definition) is 0. The molecular formula is C13H12N2O. The maximum absolute atomic E-state index is 11.6. The summed E-state index contributed by atoms with van der Waals surface area (Å²) < 4.78 is 0.921. The fraction of sp³-hybridized carbons (Fsp3) is 0.0769. The lowest BCUT2D eigenvalue weighted by atomic mass is 10.2. The lowest BCUT2D eigenvalue weighted by Crippen LogP contribution is -2.05. The number of aromatic nitrogens is 1. The van der Waals surface area contributed by atoms with Crippen LogP contribution in [0.25, 0.3) is 0 Å². The normalized spacial score (nSPS) is 11.4. The van der Waals surface area contributed by atoms with E-state index in [-0.39, 0.29) is 0 Å². The van der Waals surface area contributed by atoms with Gasteiger partial charge in [-0.25, -0.2) is 4.74 Å². The molecule has 0 amide bonds. The zero-order valence-electron chi connectivity index (χ0n) is 8.78. The van der Waals surface area contributed by atoms with Gasteiger partial charge in [0.25, 0.3) is 0 Å². The molecule has 0 bridgehead atoms. The minimum Gasteiger partial charge on any atom is -0.624 e. The van der Waals surface area contributed by atoms with Crippen LogP contribution >= 0.6 is 0 Å². The van der Waals surface area contributed by atoms with Gasteiger partial charge in [0.2, 0.25) is 0 Å². The van der Waals surface area contributed by atoms with Gasteiger partial charge in [-0.05, 0) is 12.1 Å². The van der Waals surface area contributed by atoms with Crippen LogP contribution in [0.4, 0.5) is 0 Å². The van der Waals surface area contributed by atoms with Crippen molar-refractivity contribution in [1.82, 2.24) is 4.98 Å². The number of rotatable bonds is 3. The average Bonchev–Trinajstić information content (AvgIpc) is 2.31. The SMILES string of the molecule is [O-][N+](=Cc1ccncc1)Cc1ccccc1. The molecule has 0 fully saturated rings. The number of pyridine rings is 1. The highest BCUT2D eigenvalue weighted by atomic mass is 16.5. The molecule has 1 aromatic carbocycles. The van der Waals surface area contributed by atoms with Crippen molar-refractivity contribution in [2.75, 3.05) is 0 Å². The van der Waals surface area contributed by atoms with Crippen LogP contribution in [-0.2, 0) is 6.54 Å². The lowest BCUT2D eigenvalue weighted by Gasteiger charge is -2.03. The zero-order valence-corrected chi connectivity index (χ0v) is 8.78. The average molecular weight is 212 g/mol. The summed E-state index contributed by atoms with van der Waals surface area (Å²) in [4.78, 5) is 3.90. The van der Waals surface area contributed by atoms with Crippen molar-refractivity contribution in [3.05, 3.63) is 71.2 Å². The van der Waals surface area contributed by atoms with Crippen LogP contribution in [0.5, 0.6) is 0 Å². The van der Waals surface area contributed by atoms with Gasteiger partial charge >= 0.3 is 0 Å². The van der Waals surface area contributed by atoms with E-state index in [9.17, 15) is 5.21 Å². The molecule has 3 heteroatoms. The van der Waals surface area contributed by atoms with Gasteiger partial charge in [0.05, 0.1) is 0 Å². The number of nitrogens with zero attached hydrogens (tertiary/aromatic N) is 2. The Labute approximate surface area is 94.3 Å². The minimum absolute atomic E-state index is 0.364. The monoisotopic (exact) mass is 212 g/mol. The van der Waals surface area contributed by atoms with E-state index in [1.807, 2.05) is 30.3 Å². The molecule has 0 radical (unpaired) electrons. The first kappa shape index (κ1) is 10.4. The first-order chi connectivity index (χ1) is 7.84. The maximum Gasteiger partial charge on any atom is 0.182 e. The molecule has 0 aliphatic rings. The van der Waals surface area contributed by atoms with Crippen LogP contribution in [0.2, 0.25) is 0 Å². The first-order valence-electron chi connectivity index (χ1n) is 5.07. The number of hydroxylamine groups is 1. The summed E-state index contributed by atoms with van der Waals surface area (Å²) in [5.74, 6) is 0. The zero-order chi connectivity index (χ0) is 11.2. The van der Waals surface area contributed by atoms with Crippen LogP contribution < -0.4 is 0 Å². The van der Waals surface area contributed by atoms with Crippen molar-refractivity contribution in [1.29, 1.82) is 0 Å². The third-order valence-electron chi connectivity index (χ3n) is 2.18. The molecule has 0 saturated carbocycles. The van der Waals surface area contributed by atoms with Crippen molar-refractivity contribution in [3.8, 4) is 0 Å². The van der Waals surface area contributed by atoms with E-state index < -0.39 is 0 Å². The van der Waals surface area contributed by atoms with E-state index in [2.05, 4.69) is 4.98 Å². The second kappa shape index (κ2) is 5.07. The molecule has 80 valence electrons. The summed E-state index contributed by atoms with van der Waals surface area (Å²) in [5.41, 5.74) is 1.86. The van der Waals surface area contributed by atoms with Gasteiger partial charge in [0, 0.05) is 23.5 Å². The Kier molecular flexibility index (Phi) is 3.28. The lowest BCUT2D eigenvalue weighted by molar-refractivity contribution is -0.469. The quantitative estimate of drug-likeness (QED) is 0.338. The second-order valence-electron chi connectivity index (χ2n) is 3.47. The summed E-state index contributed by atoms with van der Waals surface area (Å²) in [6, 6.07) is 13.3. The predicted molar refractivity (Wildman–Crippen MR) is 63.2 cm³/mol. The molecule has 0 N–H and O–H groups in total. The van der Waals surface area contributed by atoms with Gasteiger partial charge in [-0.15, -0.1) is 0 Å². The van der Waals surface area contributed by atoms with Gasteiger partial charge < -0.3 is 5.21 Å². The third kappa shape index (κ3) is 2.92. The standard InChI is InChI=1S/C13H12N2O/c16-15(10-12-4-2-1-3-5-12)11-13-6-8-14-9-7-13/h1-9,11H,10H2. The second-order valence-corrected chi connectivity index (χ2v) is 3.47. The number of benzene rings is 1. The molecule has 0 atom stereocenters. The minimum atomic E-state index is 0.364. The van der Waals surface area contributed by atoms with Crippen LogP contribution in [-0.4, -0.2) is 15.9 Å². The largest absolute Gasteiger partial charge is 0.624 e. The highest BCUT2D eigenvalue weighted by molar-refractivity contribution is 5.75. The Morgan fingerprint density at radius 2 is 1.75 bits per heavy atom. The molecule has 2 aromatic rings. The fourth-order valence-electron chi connectivity index (χ4n) is 1.42. The molecule has 1 aromatic heterocycles. The highest BCUT2D eigenvalue weighted by Crippen LogP contribution is 2.00. The molecule has 16 heavy (non-hydrogen) atoms. The summed E-state index contributed by atoms with van der Waals surface area (Å²) in [6.45, 7) is 0.364. The van der Waals surface area contributed by atoms with E-state index in [0.29, 0.717) is 6.54 Å². The molecule has 0 saturated heterocycles. The van der Waals surface area contributed by atoms with Crippen molar-refractivity contribution >= 4 is 6.21 Å². The van der Waals surface area contributed by atoms with E-state index in [1.54, 1.807) is 30.7 Å². The van der Waals surface area contributed by atoms with Crippen LogP contribution in [0.3, 0.4) is 0 Å². The molecule has 0 aliphatic heterocycles. The van der Waals surface area contributed by atoms with Crippen molar-refractivity contribution in [2.24, 2.45) is 0 Å². The Hall–Kier alpha value is -2.16. The topological polar surface area (TPSA) is 39.0 Å². The Morgan fingerprint density at radius 1 is 1.06 bits per heavy atom. The van der Waals surface area contributed by atoms with E-state index in [4.69, 9.17) is 0 Å². The van der Waals surface area contributed by atoms with Crippen molar-refractivity contribution in [2.45, 2.75) is 6.54 Å². The molecule has 0 aliphatic carbocycles. The fourth-order valence-corrected chi connectivity index (χ4v) is 1.42. The van der Waals surface area contributed by atoms with Crippen LogP contribution in [0.15, 0.2) is 54.9 Å². The maximum atomic E-state index is 11.6. The first-order valence-corrected chi connectivity index (χ1v) is 5.07. The Morgan fingerprint density at radius 3 is 2.44 bits per heavy atom. The van der Waals surface area contributed by atoms with Gasteiger partial charge in [0.1, 0.15) is 0 Å². The highest BCUT2D eigenvalue weighted by Gasteiger charge is 1.97. The number of hydrogen-bond acceptors (Lipinski definition) is 2. The van der Waals surface area contributed by atoms with E-state index in [0.717, 1.165) is 15.9 Å². The summed E-state index contributed by atoms with van der Waals surface area (Å²) >= 11 is 0. The van der Waals surface area contributed by atoms with Crippen LogP contribution in [0.1, 0.15) is 11.1 Å². The molecule has 0 unspecified atom stereocenters. The van der Waals surface area contributed by atoms with Gasteiger partial charge in [0.15, 0.2) is 12.8 Å². The summed E-state index contributed by atoms with van der Waals surface area (Å²) in [7, 11) is 0. The molecule has 2 rings (SSSR count). The van der Waals surface area contributed by atoms with Gasteiger partial charge in [-0.1, -0.05) is 30.3 Å². The summed E-state index contributed by atoms with van der Waals surface area (Å²) in [5, 5.41) is 11.6. The molecular weight excluding hydrogens is 200 g/mol. The van der Waals surface area contributed by atoms with Crippen LogP contribution in [0, 0.1) is 5.21 Å². The van der Waals surface area contributed by atoms with Gasteiger partial charge in [-0.2, -0.15) is 0 Å². The molecule has 0 spiro atoms. The Balaban J connectivity index is 2.09. The molecule has 3 nitrogen and oxygen atoms in total. The Bertz CT molecular complexity index is 466.